The van der Waals surface area contributed by atoms with Gasteiger partial charge in [0.15, 0.2) is 0 Å². The molecular formula is C20H27FN2O. The van der Waals surface area contributed by atoms with E-state index in [-0.39, 0.29) is 17.8 Å². The van der Waals surface area contributed by atoms with Gasteiger partial charge in [-0.2, -0.15) is 0 Å². The summed E-state index contributed by atoms with van der Waals surface area (Å²) >= 11 is 0. The SMILES string of the molecule is O=C(C1CCN(C2CC2)CC1)N1CCCC1Cc1cccc(F)c1. The molecule has 3 nitrogen and oxygen atoms in total. The highest BCUT2D eigenvalue weighted by Crippen LogP contribution is 2.32. The van der Waals surface area contributed by atoms with Gasteiger partial charge in [-0.15, -0.1) is 0 Å². The molecule has 0 aromatic heterocycles. The molecule has 4 rings (SSSR count). The Morgan fingerprint density at radius 1 is 1.08 bits per heavy atom. The standard InChI is InChI=1S/C20H27FN2O/c21-17-4-1-3-15(13-17)14-19-5-2-10-23(19)20(24)16-8-11-22(12-9-16)18-6-7-18/h1,3-4,13,16,18-19H,2,5-12,14H2. The van der Waals surface area contributed by atoms with Crippen LogP contribution >= 0.6 is 0 Å². The Hall–Kier alpha value is -1.42. The highest BCUT2D eigenvalue weighted by molar-refractivity contribution is 5.79. The zero-order valence-corrected chi connectivity index (χ0v) is 14.3. The number of carbonyl (C=O) groups excluding carboxylic acids is 1. The smallest absolute Gasteiger partial charge is 0.226 e. The molecule has 0 bridgehead atoms. The molecule has 1 atom stereocenters. The third kappa shape index (κ3) is 3.49. The molecule has 24 heavy (non-hydrogen) atoms. The van der Waals surface area contributed by atoms with E-state index in [0.29, 0.717) is 5.91 Å². The largest absolute Gasteiger partial charge is 0.339 e. The van der Waals surface area contributed by atoms with E-state index in [2.05, 4.69) is 9.80 Å². The third-order valence-corrected chi connectivity index (χ3v) is 5.96. The fraction of sp³-hybridized carbons (Fsp3) is 0.650. The fourth-order valence-corrected chi connectivity index (χ4v) is 4.46. The van der Waals surface area contributed by atoms with Crippen LogP contribution in [0.15, 0.2) is 24.3 Å². The van der Waals surface area contributed by atoms with Crippen molar-refractivity contribution >= 4 is 5.91 Å². The van der Waals surface area contributed by atoms with Gasteiger partial charge in [0, 0.05) is 24.5 Å². The van der Waals surface area contributed by atoms with Crippen LogP contribution in [0.3, 0.4) is 0 Å². The van der Waals surface area contributed by atoms with Crippen molar-refractivity contribution in [3.63, 3.8) is 0 Å². The van der Waals surface area contributed by atoms with Gasteiger partial charge in [-0.3, -0.25) is 4.79 Å². The Morgan fingerprint density at radius 2 is 1.88 bits per heavy atom. The van der Waals surface area contributed by atoms with Gasteiger partial charge < -0.3 is 9.80 Å². The van der Waals surface area contributed by atoms with Gasteiger partial charge in [0.25, 0.3) is 0 Å². The topological polar surface area (TPSA) is 23.6 Å². The quantitative estimate of drug-likeness (QED) is 0.846. The normalized spacial score (nSPS) is 26.0. The summed E-state index contributed by atoms with van der Waals surface area (Å²) in [5, 5.41) is 0. The highest BCUT2D eigenvalue weighted by Gasteiger charge is 2.37. The van der Waals surface area contributed by atoms with E-state index < -0.39 is 0 Å². The van der Waals surface area contributed by atoms with E-state index in [9.17, 15) is 9.18 Å². The molecule has 1 aliphatic carbocycles. The van der Waals surface area contributed by atoms with Crippen LogP contribution in [0.5, 0.6) is 0 Å². The molecule has 1 amide bonds. The summed E-state index contributed by atoms with van der Waals surface area (Å²) in [6.07, 6.45) is 7.62. The summed E-state index contributed by atoms with van der Waals surface area (Å²) in [6.45, 7) is 3.05. The maximum atomic E-state index is 13.4. The fourth-order valence-electron chi connectivity index (χ4n) is 4.46. The van der Waals surface area contributed by atoms with Crippen molar-refractivity contribution in [2.24, 2.45) is 5.92 Å². The number of rotatable bonds is 4. The monoisotopic (exact) mass is 330 g/mol. The van der Waals surface area contributed by atoms with Gasteiger partial charge in [-0.25, -0.2) is 4.39 Å². The Bertz CT molecular complexity index is 593. The molecule has 2 saturated heterocycles. The van der Waals surface area contributed by atoms with Crippen LogP contribution in [0.2, 0.25) is 0 Å². The molecule has 3 aliphatic rings. The summed E-state index contributed by atoms with van der Waals surface area (Å²) in [4.78, 5) is 17.7. The second-order valence-electron chi connectivity index (χ2n) is 7.70. The second kappa shape index (κ2) is 6.83. The van der Waals surface area contributed by atoms with Gasteiger partial charge in [-0.05, 0) is 75.7 Å². The van der Waals surface area contributed by atoms with Crippen molar-refractivity contribution < 1.29 is 9.18 Å². The lowest BCUT2D eigenvalue weighted by Gasteiger charge is -2.35. The minimum Gasteiger partial charge on any atom is -0.339 e. The van der Waals surface area contributed by atoms with E-state index in [1.54, 1.807) is 12.1 Å². The maximum Gasteiger partial charge on any atom is 0.226 e. The minimum absolute atomic E-state index is 0.184. The first-order chi connectivity index (χ1) is 11.7. The van der Waals surface area contributed by atoms with Crippen molar-refractivity contribution in [1.82, 2.24) is 9.80 Å². The molecule has 0 spiro atoms. The molecular weight excluding hydrogens is 303 g/mol. The van der Waals surface area contributed by atoms with Crippen molar-refractivity contribution in [3.05, 3.63) is 35.6 Å². The maximum absolute atomic E-state index is 13.4. The summed E-state index contributed by atoms with van der Waals surface area (Å²) in [7, 11) is 0. The van der Waals surface area contributed by atoms with Crippen molar-refractivity contribution in [2.45, 2.75) is 57.0 Å². The number of nitrogens with zero attached hydrogens (tertiary/aromatic N) is 2. The van der Waals surface area contributed by atoms with Crippen LogP contribution in [0, 0.1) is 11.7 Å². The Balaban J connectivity index is 1.36. The lowest BCUT2D eigenvalue weighted by molar-refractivity contribution is -0.138. The zero-order valence-electron chi connectivity index (χ0n) is 14.3. The Kier molecular flexibility index (Phi) is 4.57. The van der Waals surface area contributed by atoms with E-state index in [1.165, 1.54) is 18.9 Å². The third-order valence-electron chi connectivity index (χ3n) is 5.96. The first-order valence-electron chi connectivity index (χ1n) is 9.49. The van der Waals surface area contributed by atoms with Crippen molar-refractivity contribution in [2.75, 3.05) is 19.6 Å². The number of amides is 1. The predicted octanol–water partition coefficient (Wildman–Crippen LogP) is 3.23. The number of likely N-dealkylation sites (tertiary alicyclic amines) is 2. The molecule has 1 saturated carbocycles. The number of hydrogen-bond acceptors (Lipinski definition) is 2. The van der Waals surface area contributed by atoms with Crippen LogP contribution in [0.4, 0.5) is 4.39 Å². The molecule has 2 aliphatic heterocycles. The van der Waals surface area contributed by atoms with Gasteiger partial charge in [0.2, 0.25) is 5.91 Å². The zero-order chi connectivity index (χ0) is 16.5. The molecule has 1 unspecified atom stereocenters. The Labute approximate surface area is 143 Å². The summed E-state index contributed by atoms with van der Waals surface area (Å²) in [5.74, 6) is 0.369. The van der Waals surface area contributed by atoms with E-state index in [1.807, 2.05) is 6.07 Å². The first kappa shape index (κ1) is 16.1. The predicted molar refractivity (Wildman–Crippen MR) is 92.2 cm³/mol. The molecule has 1 aromatic carbocycles. The van der Waals surface area contributed by atoms with Gasteiger partial charge in [-0.1, -0.05) is 12.1 Å². The summed E-state index contributed by atoms with van der Waals surface area (Å²) < 4.78 is 13.4. The molecule has 0 N–H and O–H groups in total. The van der Waals surface area contributed by atoms with E-state index in [4.69, 9.17) is 0 Å². The summed E-state index contributed by atoms with van der Waals surface area (Å²) in [6, 6.07) is 7.88. The van der Waals surface area contributed by atoms with Gasteiger partial charge in [0.05, 0.1) is 0 Å². The lowest BCUT2D eigenvalue weighted by Crippen LogP contribution is -2.45. The molecule has 130 valence electrons. The molecule has 3 fully saturated rings. The average Bonchev–Trinajstić information content (AvgIpc) is 3.34. The molecule has 1 aromatic rings. The van der Waals surface area contributed by atoms with Crippen LogP contribution in [0.25, 0.3) is 0 Å². The van der Waals surface area contributed by atoms with Crippen LogP contribution in [-0.2, 0) is 11.2 Å². The van der Waals surface area contributed by atoms with E-state index in [0.717, 1.165) is 63.3 Å². The second-order valence-corrected chi connectivity index (χ2v) is 7.70. The number of halogens is 1. The molecule has 2 heterocycles. The average molecular weight is 330 g/mol. The molecule has 4 heteroatoms. The van der Waals surface area contributed by atoms with Crippen molar-refractivity contribution in [3.8, 4) is 0 Å². The van der Waals surface area contributed by atoms with Crippen molar-refractivity contribution in [1.29, 1.82) is 0 Å². The summed E-state index contributed by atoms with van der Waals surface area (Å²) in [5.41, 5.74) is 1.00. The highest BCUT2D eigenvalue weighted by atomic mass is 19.1. The lowest BCUT2D eigenvalue weighted by atomic mass is 9.94. The number of hydrogen-bond donors (Lipinski definition) is 0. The van der Waals surface area contributed by atoms with E-state index >= 15 is 0 Å². The molecule has 0 radical (unpaired) electrons. The van der Waals surface area contributed by atoms with Gasteiger partial charge >= 0.3 is 0 Å². The van der Waals surface area contributed by atoms with Gasteiger partial charge in [0.1, 0.15) is 5.82 Å². The minimum atomic E-state index is -0.184. The Morgan fingerprint density at radius 3 is 2.58 bits per heavy atom. The van der Waals surface area contributed by atoms with Crippen LogP contribution < -0.4 is 0 Å². The number of piperidine rings is 1. The van der Waals surface area contributed by atoms with Crippen LogP contribution in [0.1, 0.15) is 44.1 Å². The van der Waals surface area contributed by atoms with Crippen LogP contribution in [-0.4, -0.2) is 47.4 Å². The first-order valence-corrected chi connectivity index (χ1v) is 9.49. The number of benzene rings is 1. The number of carbonyl (C=O) groups is 1.